The molecule has 0 spiro atoms. The molecule has 1 aliphatic carbocycles. The van der Waals surface area contributed by atoms with Gasteiger partial charge >= 0.3 is 6.18 Å². The van der Waals surface area contributed by atoms with Crippen LogP contribution in [0.3, 0.4) is 0 Å². The van der Waals surface area contributed by atoms with Crippen LogP contribution < -0.4 is 4.90 Å². The Morgan fingerprint density at radius 3 is 2.67 bits per heavy atom. The Hall–Kier alpha value is -2.90. The number of amides is 1. The molecule has 1 aliphatic heterocycles. The highest BCUT2D eigenvalue weighted by atomic mass is 19.4. The first-order valence-electron chi connectivity index (χ1n) is 10.1. The topological polar surface area (TPSA) is 51.0 Å². The monoisotopic (exact) mass is 414 g/mol. The van der Waals surface area contributed by atoms with Gasteiger partial charge in [-0.1, -0.05) is 0 Å². The van der Waals surface area contributed by atoms with Gasteiger partial charge in [0.2, 0.25) is 0 Å². The molecule has 0 unspecified atom stereocenters. The molecule has 0 atom stereocenters. The van der Waals surface area contributed by atoms with Crippen LogP contribution in [-0.2, 0) is 19.6 Å². The van der Waals surface area contributed by atoms with Gasteiger partial charge in [0.15, 0.2) is 5.65 Å². The lowest BCUT2D eigenvalue weighted by Crippen LogP contribution is -2.36. The highest BCUT2D eigenvalue weighted by Crippen LogP contribution is 2.41. The number of carbonyl (C=O) groups excluding carboxylic acids is 1. The Kier molecular flexibility index (Phi) is 4.17. The fourth-order valence-corrected chi connectivity index (χ4v) is 4.35. The van der Waals surface area contributed by atoms with Crippen LogP contribution in [0.15, 0.2) is 24.3 Å². The minimum Gasteiger partial charge on any atom is -0.308 e. The van der Waals surface area contributed by atoms with E-state index in [1.165, 1.54) is 12.1 Å². The predicted octanol–water partition coefficient (Wildman–Crippen LogP) is 4.77. The summed E-state index contributed by atoms with van der Waals surface area (Å²) in [6.45, 7) is 2.32. The standard InChI is InChI=1S/C22H21F3N4O/c1-12-19-16(11-17(13-5-6-13)26-20(19)28(2)27-12)21(30)29-9-3-4-14-10-15(22(23,24)25)7-8-18(14)29/h7-8,10-11,13H,3-6,9H2,1-2H3. The Morgan fingerprint density at radius 2 is 1.97 bits per heavy atom. The Morgan fingerprint density at radius 1 is 1.20 bits per heavy atom. The molecule has 5 nitrogen and oxygen atoms in total. The van der Waals surface area contributed by atoms with Crippen LogP contribution in [0.2, 0.25) is 0 Å². The fourth-order valence-electron chi connectivity index (χ4n) is 4.35. The number of fused-ring (bicyclic) bond motifs is 2. The quantitative estimate of drug-likeness (QED) is 0.607. The van der Waals surface area contributed by atoms with Crippen molar-refractivity contribution in [3.8, 4) is 0 Å². The van der Waals surface area contributed by atoms with Gasteiger partial charge in [0.05, 0.1) is 22.2 Å². The van der Waals surface area contributed by atoms with E-state index in [0.717, 1.165) is 30.3 Å². The molecule has 1 fully saturated rings. The van der Waals surface area contributed by atoms with Crippen LogP contribution in [0.1, 0.15) is 58.1 Å². The van der Waals surface area contributed by atoms with Gasteiger partial charge in [-0.25, -0.2) is 4.98 Å². The van der Waals surface area contributed by atoms with E-state index >= 15 is 0 Å². The number of hydrogen-bond donors (Lipinski definition) is 0. The van der Waals surface area contributed by atoms with Crippen LogP contribution in [0.25, 0.3) is 11.0 Å². The normalized spacial score (nSPS) is 16.8. The summed E-state index contributed by atoms with van der Waals surface area (Å²) >= 11 is 0. The van der Waals surface area contributed by atoms with Gasteiger partial charge in [-0.3, -0.25) is 9.48 Å². The molecule has 0 bridgehead atoms. The van der Waals surface area contributed by atoms with Gasteiger partial charge in [-0.2, -0.15) is 18.3 Å². The van der Waals surface area contributed by atoms with Gasteiger partial charge in [0.25, 0.3) is 5.91 Å². The molecule has 1 saturated carbocycles. The van der Waals surface area contributed by atoms with E-state index in [-0.39, 0.29) is 5.91 Å². The van der Waals surface area contributed by atoms with E-state index < -0.39 is 11.7 Å². The predicted molar refractivity (Wildman–Crippen MR) is 107 cm³/mol. The molecule has 0 radical (unpaired) electrons. The number of benzene rings is 1. The summed E-state index contributed by atoms with van der Waals surface area (Å²) in [6.07, 6.45) is -1.15. The minimum atomic E-state index is -4.40. The van der Waals surface area contributed by atoms with Crippen molar-refractivity contribution in [3.05, 3.63) is 52.3 Å². The van der Waals surface area contributed by atoms with Gasteiger partial charge < -0.3 is 4.90 Å². The van der Waals surface area contributed by atoms with Gasteiger partial charge in [-0.05, 0) is 62.4 Å². The summed E-state index contributed by atoms with van der Waals surface area (Å²) in [4.78, 5) is 20.0. The second-order valence-electron chi connectivity index (χ2n) is 8.18. The third-order valence-corrected chi connectivity index (χ3v) is 5.99. The fraction of sp³-hybridized carbons (Fsp3) is 0.409. The Labute approximate surface area is 171 Å². The summed E-state index contributed by atoms with van der Waals surface area (Å²) in [6, 6.07) is 5.50. The molecular formula is C22H21F3N4O. The van der Waals surface area contributed by atoms with E-state index in [4.69, 9.17) is 4.98 Å². The first-order chi connectivity index (χ1) is 14.2. The highest BCUT2D eigenvalue weighted by molar-refractivity contribution is 6.14. The average Bonchev–Trinajstić information content (AvgIpc) is 3.52. The Bertz CT molecular complexity index is 1180. The number of aryl methyl sites for hydroxylation is 3. The zero-order chi connectivity index (χ0) is 21.2. The van der Waals surface area contributed by atoms with Crippen molar-refractivity contribution >= 4 is 22.6 Å². The molecule has 156 valence electrons. The maximum absolute atomic E-state index is 13.7. The zero-order valence-electron chi connectivity index (χ0n) is 16.8. The molecule has 2 aromatic heterocycles. The van der Waals surface area contributed by atoms with Crippen LogP contribution in [-0.4, -0.2) is 27.2 Å². The lowest BCUT2D eigenvalue weighted by molar-refractivity contribution is -0.137. The molecule has 3 aromatic rings. The number of anilines is 1. The molecule has 5 rings (SSSR count). The first kappa shape index (κ1) is 19.1. The van der Waals surface area contributed by atoms with E-state index in [0.29, 0.717) is 53.2 Å². The van der Waals surface area contributed by atoms with Gasteiger partial charge in [0, 0.05) is 30.9 Å². The smallest absolute Gasteiger partial charge is 0.308 e. The van der Waals surface area contributed by atoms with E-state index in [9.17, 15) is 18.0 Å². The summed E-state index contributed by atoms with van der Waals surface area (Å²) in [5, 5.41) is 5.15. The highest BCUT2D eigenvalue weighted by Gasteiger charge is 2.34. The molecular weight excluding hydrogens is 393 g/mol. The van der Waals surface area contributed by atoms with Crippen molar-refractivity contribution < 1.29 is 18.0 Å². The van der Waals surface area contributed by atoms with Crippen LogP contribution >= 0.6 is 0 Å². The van der Waals surface area contributed by atoms with Crippen molar-refractivity contribution in [2.75, 3.05) is 11.4 Å². The molecule has 1 amide bonds. The summed E-state index contributed by atoms with van der Waals surface area (Å²) in [7, 11) is 1.81. The molecule has 30 heavy (non-hydrogen) atoms. The van der Waals surface area contributed by atoms with Crippen molar-refractivity contribution in [2.24, 2.45) is 7.05 Å². The number of rotatable bonds is 2. The summed E-state index contributed by atoms with van der Waals surface area (Å²) in [5.41, 5.74) is 3.23. The van der Waals surface area contributed by atoms with Gasteiger partial charge in [0.1, 0.15) is 0 Å². The van der Waals surface area contributed by atoms with E-state index in [1.807, 2.05) is 20.0 Å². The summed E-state index contributed by atoms with van der Waals surface area (Å²) in [5.74, 6) is 0.153. The number of halogens is 3. The van der Waals surface area contributed by atoms with Crippen molar-refractivity contribution in [3.63, 3.8) is 0 Å². The van der Waals surface area contributed by atoms with Crippen LogP contribution in [0.5, 0.6) is 0 Å². The molecule has 0 N–H and O–H groups in total. The molecule has 3 heterocycles. The minimum absolute atomic E-state index is 0.207. The first-order valence-corrected chi connectivity index (χ1v) is 10.1. The second-order valence-corrected chi connectivity index (χ2v) is 8.18. The van der Waals surface area contributed by atoms with Crippen molar-refractivity contribution in [2.45, 2.75) is 44.7 Å². The SMILES string of the molecule is Cc1nn(C)c2nc(C3CC3)cc(C(=O)N3CCCc4cc(C(F)(F)F)ccc43)c12. The third-order valence-electron chi connectivity index (χ3n) is 5.99. The largest absolute Gasteiger partial charge is 0.416 e. The maximum Gasteiger partial charge on any atom is 0.416 e. The number of hydrogen-bond acceptors (Lipinski definition) is 3. The lowest BCUT2D eigenvalue weighted by atomic mass is 9.97. The van der Waals surface area contributed by atoms with E-state index in [2.05, 4.69) is 5.10 Å². The summed E-state index contributed by atoms with van der Waals surface area (Å²) < 4.78 is 41.1. The molecule has 1 aromatic carbocycles. The Balaban J connectivity index is 1.62. The average molecular weight is 414 g/mol. The second kappa shape index (κ2) is 6.55. The van der Waals surface area contributed by atoms with Crippen molar-refractivity contribution in [1.29, 1.82) is 0 Å². The maximum atomic E-state index is 13.7. The number of carbonyl (C=O) groups is 1. The van der Waals surface area contributed by atoms with Crippen molar-refractivity contribution in [1.82, 2.24) is 14.8 Å². The molecule has 2 aliphatic rings. The number of aromatic nitrogens is 3. The molecule has 8 heteroatoms. The third kappa shape index (κ3) is 3.05. The zero-order valence-corrected chi connectivity index (χ0v) is 16.8. The van der Waals surface area contributed by atoms with Gasteiger partial charge in [-0.15, -0.1) is 0 Å². The van der Waals surface area contributed by atoms with Crippen LogP contribution in [0, 0.1) is 6.92 Å². The lowest BCUT2D eigenvalue weighted by Gasteiger charge is -2.30. The number of alkyl halides is 3. The molecule has 0 saturated heterocycles. The number of pyridine rings is 1. The van der Waals surface area contributed by atoms with Crippen LogP contribution in [0.4, 0.5) is 18.9 Å². The van der Waals surface area contributed by atoms with E-state index in [1.54, 1.807) is 9.58 Å². The number of nitrogens with zero attached hydrogens (tertiary/aromatic N) is 4.